The molecule has 3 saturated heterocycles. The number of methoxy groups -OCH3 is 1. The smallest absolute Gasteiger partial charge is 0.348 e. The minimum Gasteiger partial charge on any atom is -0.467 e. The summed E-state index contributed by atoms with van der Waals surface area (Å²) in [5.41, 5.74) is -4.45. The van der Waals surface area contributed by atoms with Crippen molar-refractivity contribution in [2.24, 2.45) is 40.4 Å². The highest BCUT2D eigenvalue weighted by Gasteiger charge is 2.85. The zero-order chi connectivity index (χ0) is 36.8. The molecule has 6 aliphatic rings. The van der Waals surface area contributed by atoms with E-state index >= 15 is 0 Å². The molecule has 5 fully saturated rings. The zero-order valence-electron chi connectivity index (χ0n) is 28.6. The first-order valence-corrected chi connectivity index (χ1v) is 16.8. The average molecular weight is 711 g/mol. The number of aliphatic hydroxyl groups is 6. The van der Waals surface area contributed by atoms with Crippen LogP contribution in [0.25, 0.3) is 0 Å². The molecule has 278 valence electrons. The number of ketones is 1. The van der Waals surface area contributed by atoms with Gasteiger partial charge in [0.15, 0.2) is 11.5 Å². The molecule has 0 aromatic rings. The summed E-state index contributed by atoms with van der Waals surface area (Å²) in [6.45, 7) is 7.69. The van der Waals surface area contributed by atoms with Gasteiger partial charge in [0.05, 0.1) is 32.3 Å². The normalized spacial score (nSPS) is 48.2. The standard InChI is InChI=1S/C34H46O16/c1-12(2)13(3)7-19(36)50-25-27-33-11-46-34(27,31(44)45-6)28(42)24(41)26(33)32(5)9-16(20(37)14(4)15(32)8-18(33)49-29(25)43)47-30-23(40)22(39)21(38)17(10-35)48-30/h7,9,12,14-15,17-18,21-28,30,35,38-42H,8,10-11H2,1-6H3/b13-7-/t14-,15+,17-,18+,21-,22+,23-,24-,25+,26-,27-,28-,30-,32-,33+,34-/m0/s1. The number of fused-ring (bicyclic) bond motifs is 2. The van der Waals surface area contributed by atoms with Gasteiger partial charge in [0.25, 0.3) is 0 Å². The van der Waals surface area contributed by atoms with Gasteiger partial charge in [-0.2, -0.15) is 0 Å². The van der Waals surface area contributed by atoms with E-state index in [0.29, 0.717) is 5.57 Å². The van der Waals surface area contributed by atoms with Crippen LogP contribution in [0.3, 0.4) is 0 Å². The average Bonchev–Trinajstić information content (AvgIpc) is 3.38. The van der Waals surface area contributed by atoms with Crippen molar-refractivity contribution in [2.45, 2.75) is 102 Å². The second-order valence-corrected chi connectivity index (χ2v) is 15.1. The van der Waals surface area contributed by atoms with E-state index in [2.05, 4.69) is 0 Å². The molecule has 0 aromatic carbocycles. The Hall–Kier alpha value is -2.96. The topological polar surface area (TPSA) is 245 Å². The molecule has 1 spiro atoms. The van der Waals surface area contributed by atoms with Crippen molar-refractivity contribution in [3.63, 3.8) is 0 Å². The molecular weight excluding hydrogens is 664 g/mol. The van der Waals surface area contributed by atoms with Gasteiger partial charge in [0.1, 0.15) is 36.6 Å². The number of allylic oxidation sites excluding steroid dienone is 3. The molecule has 0 radical (unpaired) electrons. The minimum atomic E-state index is -2.34. The summed E-state index contributed by atoms with van der Waals surface area (Å²) in [6.07, 6.45) is -12.2. The Labute approximate surface area is 287 Å². The summed E-state index contributed by atoms with van der Waals surface area (Å²) in [5, 5.41) is 64.8. The number of hydrogen-bond acceptors (Lipinski definition) is 16. The Morgan fingerprint density at radius 1 is 1.06 bits per heavy atom. The Bertz CT molecular complexity index is 1490. The maximum absolute atomic E-state index is 13.8. The quantitative estimate of drug-likeness (QED) is 0.0976. The van der Waals surface area contributed by atoms with E-state index in [9.17, 15) is 49.8 Å². The van der Waals surface area contributed by atoms with Crippen LogP contribution in [0.4, 0.5) is 0 Å². The maximum atomic E-state index is 13.8. The lowest BCUT2D eigenvalue weighted by atomic mass is 9.38. The predicted molar refractivity (Wildman–Crippen MR) is 164 cm³/mol. The third kappa shape index (κ3) is 4.94. The van der Waals surface area contributed by atoms with E-state index in [-0.39, 0.29) is 24.7 Å². The fourth-order valence-electron chi connectivity index (χ4n) is 9.69. The Kier molecular flexibility index (Phi) is 9.29. The molecule has 50 heavy (non-hydrogen) atoms. The van der Waals surface area contributed by atoms with Crippen molar-refractivity contribution in [1.82, 2.24) is 0 Å². The van der Waals surface area contributed by atoms with Crippen LogP contribution in [0, 0.1) is 40.4 Å². The molecule has 2 saturated carbocycles. The van der Waals surface area contributed by atoms with Crippen LogP contribution in [0.15, 0.2) is 23.5 Å². The van der Waals surface area contributed by atoms with Gasteiger partial charge in [-0.3, -0.25) is 4.79 Å². The van der Waals surface area contributed by atoms with Gasteiger partial charge < -0.3 is 59.1 Å². The molecule has 3 heterocycles. The van der Waals surface area contributed by atoms with E-state index in [4.69, 9.17) is 28.4 Å². The van der Waals surface area contributed by atoms with E-state index in [1.54, 1.807) is 20.8 Å². The van der Waals surface area contributed by atoms with Crippen molar-refractivity contribution >= 4 is 23.7 Å². The lowest BCUT2D eigenvalue weighted by molar-refractivity contribution is -0.296. The molecule has 2 bridgehead atoms. The second-order valence-electron chi connectivity index (χ2n) is 15.1. The van der Waals surface area contributed by atoms with Gasteiger partial charge in [-0.05, 0) is 36.7 Å². The van der Waals surface area contributed by atoms with Gasteiger partial charge >= 0.3 is 17.9 Å². The van der Waals surface area contributed by atoms with Crippen molar-refractivity contribution in [3.8, 4) is 0 Å². The molecule has 0 aromatic heterocycles. The van der Waals surface area contributed by atoms with Crippen LogP contribution in [-0.2, 0) is 47.6 Å². The first kappa shape index (κ1) is 36.8. The summed E-state index contributed by atoms with van der Waals surface area (Å²) < 4.78 is 34.4. The van der Waals surface area contributed by atoms with Gasteiger partial charge in [0.2, 0.25) is 18.0 Å². The number of esters is 3. The lowest BCUT2D eigenvalue weighted by Gasteiger charge is -2.67. The summed E-state index contributed by atoms with van der Waals surface area (Å²) in [7, 11) is 1.06. The van der Waals surface area contributed by atoms with Gasteiger partial charge in [-0.15, -0.1) is 0 Å². The van der Waals surface area contributed by atoms with Gasteiger partial charge in [-0.1, -0.05) is 33.3 Å². The van der Waals surface area contributed by atoms with Crippen molar-refractivity contribution in [3.05, 3.63) is 23.5 Å². The van der Waals surface area contributed by atoms with Crippen molar-refractivity contribution < 1.29 is 78.2 Å². The van der Waals surface area contributed by atoms with Crippen LogP contribution in [-0.4, -0.2) is 135 Å². The molecule has 16 nitrogen and oxygen atoms in total. The number of ether oxygens (including phenoxy) is 6. The van der Waals surface area contributed by atoms with Crippen molar-refractivity contribution in [2.75, 3.05) is 20.3 Å². The maximum Gasteiger partial charge on any atom is 0.348 e. The van der Waals surface area contributed by atoms with E-state index in [1.165, 1.54) is 12.2 Å². The van der Waals surface area contributed by atoms with Crippen LogP contribution in [0.5, 0.6) is 0 Å². The van der Waals surface area contributed by atoms with E-state index in [0.717, 1.165) is 7.11 Å². The van der Waals surface area contributed by atoms with E-state index < -0.39 is 126 Å². The molecular formula is C34H46O16. The lowest BCUT2D eigenvalue weighted by Crippen LogP contribution is -2.79. The van der Waals surface area contributed by atoms with Crippen LogP contribution in [0.1, 0.15) is 41.0 Å². The summed E-state index contributed by atoms with van der Waals surface area (Å²) in [6, 6.07) is 0. The Balaban J connectivity index is 1.47. The number of aliphatic hydroxyl groups excluding tert-OH is 6. The molecule has 0 amide bonds. The van der Waals surface area contributed by atoms with Gasteiger partial charge in [0, 0.05) is 23.3 Å². The highest BCUT2D eigenvalue weighted by Crippen LogP contribution is 2.72. The number of carbonyl (C=O) groups is 4. The monoisotopic (exact) mass is 710 g/mol. The molecule has 6 N–H and O–H groups in total. The first-order valence-electron chi connectivity index (χ1n) is 16.8. The van der Waals surface area contributed by atoms with Gasteiger partial charge in [-0.25, -0.2) is 14.4 Å². The third-order valence-corrected chi connectivity index (χ3v) is 12.4. The van der Waals surface area contributed by atoms with Crippen LogP contribution in [0.2, 0.25) is 0 Å². The highest BCUT2D eigenvalue weighted by atomic mass is 16.7. The SMILES string of the molecule is COC(=O)[C@]12OC[C@@]34[C@@H]1[C@@H](OC(=O)/C=C(/C)C(C)C)C(=O)O[C@@H]3C[C@@H]1[C@H](C)C(=O)C(O[C@H]3O[C@@H](CO)[C@H](O)[C@@H](O)[C@@H]3O)=C[C@]1(C)[C@@H]4[C@H](O)[C@@H]2O. The molecule has 0 unspecified atom stereocenters. The molecule has 16 atom stereocenters. The summed E-state index contributed by atoms with van der Waals surface area (Å²) in [5.74, 6) is -7.88. The summed E-state index contributed by atoms with van der Waals surface area (Å²) in [4.78, 5) is 54.5. The number of Topliss-reactive ketones (excluding diaryl/α,β-unsaturated/α-hetero) is 1. The number of carbonyl (C=O) groups excluding carboxylic acids is 4. The first-order chi connectivity index (χ1) is 23.4. The number of hydrogen-bond donors (Lipinski definition) is 6. The fourth-order valence-corrected chi connectivity index (χ4v) is 9.69. The Morgan fingerprint density at radius 2 is 1.74 bits per heavy atom. The predicted octanol–water partition coefficient (Wildman–Crippen LogP) is -1.73. The molecule has 6 rings (SSSR count). The van der Waals surface area contributed by atoms with E-state index in [1.807, 2.05) is 13.8 Å². The largest absolute Gasteiger partial charge is 0.467 e. The van der Waals surface area contributed by atoms with Crippen LogP contribution < -0.4 is 0 Å². The third-order valence-electron chi connectivity index (χ3n) is 12.4. The fraction of sp³-hybridized carbons (Fsp3) is 0.765. The highest BCUT2D eigenvalue weighted by molar-refractivity contribution is 5.97. The Morgan fingerprint density at radius 3 is 2.36 bits per heavy atom. The molecule has 16 heteroatoms. The minimum absolute atomic E-state index is 0.0294. The molecule has 3 aliphatic heterocycles. The number of rotatable bonds is 7. The second kappa shape index (κ2) is 12.6. The zero-order valence-corrected chi connectivity index (χ0v) is 28.6. The van der Waals surface area contributed by atoms with Crippen molar-refractivity contribution in [1.29, 1.82) is 0 Å². The molecule has 3 aliphatic carbocycles. The summed E-state index contributed by atoms with van der Waals surface area (Å²) >= 11 is 0. The van der Waals surface area contributed by atoms with Crippen LogP contribution >= 0.6 is 0 Å².